The molecule has 1 radical (unpaired) electrons. The quantitative estimate of drug-likeness (QED) is 0.712. The molecule has 1 aliphatic rings. The number of unbranched alkanes of at least 4 members (excludes halogenated alkanes) is 2. The van der Waals surface area contributed by atoms with Gasteiger partial charge in [0.05, 0.1) is 0 Å². The molecule has 0 saturated heterocycles. The number of aromatic nitrogens is 1. The summed E-state index contributed by atoms with van der Waals surface area (Å²) in [5.74, 6) is 2.72. The van der Waals surface area contributed by atoms with E-state index in [0.29, 0.717) is 0 Å². The van der Waals surface area contributed by atoms with E-state index in [9.17, 15) is 0 Å². The standard InChI is InChI=1S/C17H27N2/c1-4-5-6-9-16-11-10-15-8-7-12-19(13-14(2)3)17(15)18-16/h10-11H,4-9,12-13H2,1-3H3. The van der Waals surface area contributed by atoms with Crippen molar-refractivity contribution in [1.82, 2.24) is 4.98 Å². The number of pyridine rings is 1. The second-order valence-corrected chi connectivity index (χ2v) is 5.97. The molecule has 2 heteroatoms. The van der Waals surface area contributed by atoms with Crippen LogP contribution in [-0.4, -0.2) is 18.1 Å². The second-order valence-electron chi connectivity index (χ2n) is 5.97. The van der Waals surface area contributed by atoms with Gasteiger partial charge in [-0.25, -0.2) is 4.98 Å². The first-order valence-corrected chi connectivity index (χ1v) is 7.73. The smallest absolute Gasteiger partial charge is 0.132 e. The van der Waals surface area contributed by atoms with Crippen LogP contribution in [0.4, 0.5) is 5.82 Å². The normalized spacial score (nSPS) is 14.8. The molecule has 105 valence electrons. The molecule has 0 unspecified atom stereocenters. The van der Waals surface area contributed by atoms with Crippen LogP contribution >= 0.6 is 0 Å². The number of fused-ring (bicyclic) bond motifs is 1. The van der Waals surface area contributed by atoms with Gasteiger partial charge in [-0.05, 0) is 43.2 Å². The lowest BCUT2D eigenvalue weighted by Gasteiger charge is -2.31. The predicted molar refractivity (Wildman–Crippen MR) is 82.6 cm³/mol. The maximum Gasteiger partial charge on any atom is 0.132 e. The number of hydrogen-bond donors (Lipinski definition) is 0. The monoisotopic (exact) mass is 259 g/mol. The summed E-state index contributed by atoms with van der Waals surface area (Å²) in [5.41, 5.74) is 2.71. The van der Waals surface area contributed by atoms with Crippen molar-refractivity contribution >= 4 is 5.82 Å². The van der Waals surface area contributed by atoms with Gasteiger partial charge in [0, 0.05) is 18.8 Å². The zero-order valence-corrected chi connectivity index (χ0v) is 12.7. The Morgan fingerprint density at radius 1 is 1.26 bits per heavy atom. The van der Waals surface area contributed by atoms with E-state index in [0.717, 1.165) is 19.5 Å². The summed E-state index contributed by atoms with van der Waals surface area (Å²) in [6.45, 7) is 8.88. The van der Waals surface area contributed by atoms with E-state index in [1.54, 1.807) is 0 Å². The molecule has 0 bridgehead atoms. The Balaban J connectivity index is 2.10. The number of hydrogen-bond acceptors (Lipinski definition) is 2. The minimum Gasteiger partial charge on any atom is -0.356 e. The lowest BCUT2D eigenvalue weighted by Crippen LogP contribution is -2.33. The Bertz CT molecular complexity index is 398. The van der Waals surface area contributed by atoms with Gasteiger partial charge < -0.3 is 4.90 Å². The van der Waals surface area contributed by atoms with E-state index in [-0.39, 0.29) is 0 Å². The molecule has 1 aliphatic heterocycles. The van der Waals surface area contributed by atoms with Gasteiger partial charge in [0.25, 0.3) is 0 Å². The first-order chi connectivity index (χ1) is 9.20. The summed E-state index contributed by atoms with van der Waals surface area (Å²) in [6, 6.07) is 4.54. The average molecular weight is 259 g/mol. The van der Waals surface area contributed by atoms with Crippen LogP contribution in [0.15, 0.2) is 12.1 Å². The average Bonchev–Trinajstić information content (AvgIpc) is 2.39. The molecule has 0 atom stereocenters. The molecule has 0 N–H and O–H groups in total. The maximum atomic E-state index is 4.93. The van der Waals surface area contributed by atoms with Crippen LogP contribution in [0.1, 0.15) is 57.7 Å². The van der Waals surface area contributed by atoms with E-state index in [1.165, 1.54) is 55.1 Å². The molecule has 0 aromatic carbocycles. The summed E-state index contributed by atoms with van der Waals surface area (Å²) in [5, 5.41) is 0. The molecule has 1 aromatic rings. The van der Waals surface area contributed by atoms with Crippen molar-refractivity contribution in [3.63, 3.8) is 0 Å². The summed E-state index contributed by atoms with van der Waals surface area (Å²) in [7, 11) is 0. The van der Waals surface area contributed by atoms with Crippen LogP contribution in [0, 0.1) is 5.92 Å². The number of aryl methyl sites for hydroxylation is 2. The molecule has 1 aromatic heterocycles. The van der Waals surface area contributed by atoms with Crippen LogP contribution in [0.3, 0.4) is 0 Å². The SMILES string of the molecule is CCCCCc1ccc2c(n1)N(C[C](C)C)CCC2. The largest absolute Gasteiger partial charge is 0.356 e. The molecule has 0 fully saturated rings. The zero-order valence-electron chi connectivity index (χ0n) is 12.7. The fraction of sp³-hybridized carbons (Fsp3) is 0.647. The van der Waals surface area contributed by atoms with Gasteiger partial charge in [-0.2, -0.15) is 0 Å². The van der Waals surface area contributed by atoms with Crippen molar-refractivity contribution in [3.8, 4) is 0 Å². The molecular weight excluding hydrogens is 232 g/mol. The lowest BCUT2D eigenvalue weighted by atomic mass is 10.0. The highest BCUT2D eigenvalue weighted by atomic mass is 15.2. The number of anilines is 1. The first kappa shape index (κ1) is 14.4. The summed E-state index contributed by atoms with van der Waals surface area (Å²) < 4.78 is 0. The zero-order chi connectivity index (χ0) is 13.7. The molecule has 0 saturated carbocycles. The number of nitrogens with zero attached hydrogens (tertiary/aromatic N) is 2. The molecule has 2 heterocycles. The minimum absolute atomic E-state index is 1.05. The van der Waals surface area contributed by atoms with Crippen molar-refractivity contribution in [2.24, 2.45) is 0 Å². The first-order valence-electron chi connectivity index (χ1n) is 7.73. The van der Waals surface area contributed by atoms with Crippen LogP contribution in [0.5, 0.6) is 0 Å². The third-order valence-electron chi connectivity index (χ3n) is 3.73. The Kier molecular flexibility index (Phi) is 5.24. The summed E-state index contributed by atoms with van der Waals surface area (Å²) in [6.07, 6.45) is 7.43. The maximum absolute atomic E-state index is 4.93. The van der Waals surface area contributed by atoms with Gasteiger partial charge in [0.15, 0.2) is 0 Å². The Labute approximate surface area is 118 Å². The molecular formula is C17H27N2. The van der Waals surface area contributed by atoms with E-state index in [2.05, 4.69) is 37.8 Å². The van der Waals surface area contributed by atoms with Gasteiger partial charge in [0.2, 0.25) is 0 Å². The van der Waals surface area contributed by atoms with Crippen LogP contribution < -0.4 is 4.90 Å². The van der Waals surface area contributed by atoms with Gasteiger partial charge in [-0.15, -0.1) is 0 Å². The second kappa shape index (κ2) is 6.93. The van der Waals surface area contributed by atoms with Crippen molar-refractivity contribution in [2.45, 2.75) is 59.3 Å². The highest BCUT2D eigenvalue weighted by molar-refractivity contribution is 5.50. The topological polar surface area (TPSA) is 16.1 Å². The highest BCUT2D eigenvalue weighted by Gasteiger charge is 2.19. The van der Waals surface area contributed by atoms with E-state index in [4.69, 9.17) is 4.98 Å². The fourth-order valence-electron chi connectivity index (χ4n) is 2.78. The van der Waals surface area contributed by atoms with E-state index in [1.807, 2.05) is 0 Å². The fourth-order valence-corrected chi connectivity index (χ4v) is 2.78. The summed E-state index contributed by atoms with van der Waals surface area (Å²) in [4.78, 5) is 7.39. The molecule has 0 amide bonds. The molecule has 0 aliphatic carbocycles. The van der Waals surface area contributed by atoms with Crippen molar-refractivity contribution in [2.75, 3.05) is 18.0 Å². The third-order valence-corrected chi connectivity index (χ3v) is 3.73. The minimum atomic E-state index is 1.05. The van der Waals surface area contributed by atoms with Crippen molar-refractivity contribution < 1.29 is 0 Å². The van der Waals surface area contributed by atoms with Crippen molar-refractivity contribution in [1.29, 1.82) is 0 Å². The van der Waals surface area contributed by atoms with Gasteiger partial charge in [-0.3, -0.25) is 0 Å². The lowest BCUT2D eigenvalue weighted by molar-refractivity contribution is 0.668. The van der Waals surface area contributed by atoms with E-state index >= 15 is 0 Å². The molecule has 2 nitrogen and oxygen atoms in total. The molecule has 0 spiro atoms. The molecule has 19 heavy (non-hydrogen) atoms. The summed E-state index contributed by atoms with van der Waals surface area (Å²) >= 11 is 0. The Hall–Kier alpha value is -1.05. The number of rotatable bonds is 6. The van der Waals surface area contributed by atoms with Gasteiger partial charge in [0.1, 0.15) is 5.82 Å². The molecule has 2 rings (SSSR count). The van der Waals surface area contributed by atoms with Gasteiger partial charge in [-0.1, -0.05) is 39.7 Å². The predicted octanol–water partition coefficient (Wildman–Crippen LogP) is 4.18. The van der Waals surface area contributed by atoms with Crippen LogP contribution in [-0.2, 0) is 12.8 Å². The Morgan fingerprint density at radius 3 is 2.84 bits per heavy atom. The van der Waals surface area contributed by atoms with Gasteiger partial charge >= 0.3 is 0 Å². The third kappa shape index (κ3) is 3.95. The highest BCUT2D eigenvalue weighted by Crippen LogP contribution is 2.26. The van der Waals surface area contributed by atoms with E-state index < -0.39 is 0 Å². The Morgan fingerprint density at radius 2 is 2.11 bits per heavy atom. The van der Waals surface area contributed by atoms with Crippen molar-refractivity contribution in [3.05, 3.63) is 29.3 Å². The van der Waals surface area contributed by atoms with Crippen LogP contribution in [0.25, 0.3) is 0 Å². The van der Waals surface area contributed by atoms with Crippen LogP contribution in [0.2, 0.25) is 0 Å².